The molecule has 1 aromatic rings. The van der Waals surface area contributed by atoms with E-state index in [2.05, 4.69) is 43.0 Å². The number of benzene rings is 1. The summed E-state index contributed by atoms with van der Waals surface area (Å²) >= 11 is 0. The molecular weight excluding hydrogens is 208 g/mol. The third-order valence-corrected chi connectivity index (χ3v) is 3.66. The zero-order valence-electron chi connectivity index (χ0n) is 11.0. The maximum atomic E-state index is 6.27. The number of nitrogens with zero attached hydrogens (tertiary/aromatic N) is 1. The van der Waals surface area contributed by atoms with Crippen molar-refractivity contribution < 1.29 is 0 Å². The Balaban J connectivity index is 1.93. The minimum Gasteiger partial charge on any atom is -0.323 e. The molecule has 1 fully saturated rings. The molecule has 1 aromatic carbocycles. The van der Waals surface area contributed by atoms with Gasteiger partial charge in [-0.05, 0) is 30.4 Å². The van der Waals surface area contributed by atoms with Gasteiger partial charge in [0.2, 0.25) is 0 Å². The Bertz CT molecular complexity index is 345. The van der Waals surface area contributed by atoms with Crippen LogP contribution in [0, 0.1) is 5.41 Å². The van der Waals surface area contributed by atoms with Crippen LogP contribution >= 0.6 is 0 Å². The van der Waals surface area contributed by atoms with Crippen LogP contribution in [0.5, 0.6) is 0 Å². The van der Waals surface area contributed by atoms with Gasteiger partial charge in [0.05, 0.1) is 0 Å². The lowest BCUT2D eigenvalue weighted by Gasteiger charge is -2.39. The van der Waals surface area contributed by atoms with Crippen LogP contribution < -0.4 is 5.73 Å². The van der Waals surface area contributed by atoms with E-state index >= 15 is 0 Å². The molecule has 17 heavy (non-hydrogen) atoms. The van der Waals surface area contributed by atoms with E-state index in [9.17, 15) is 0 Å². The van der Waals surface area contributed by atoms with Crippen LogP contribution in [-0.2, 0) is 0 Å². The first-order chi connectivity index (χ1) is 8.07. The van der Waals surface area contributed by atoms with Gasteiger partial charge < -0.3 is 10.6 Å². The summed E-state index contributed by atoms with van der Waals surface area (Å²) in [6.45, 7) is 8.06. The predicted octanol–water partition coefficient (Wildman–Crippen LogP) is 2.81. The van der Waals surface area contributed by atoms with Crippen molar-refractivity contribution in [2.75, 3.05) is 19.6 Å². The Labute approximate surface area is 105 Å². The Kier molecular flexibility index (Phi) is 3.85. The van der Waals surface area contributed by atoms with Crippen LogP contribution in [0.15, 0.2) is 30.3 Å². The van der Waals surface area contributed by atoms with Crippen LogP contribution in [0.1, 0.15) is 38.3 Å². The first-order valence-corrected chi connectivity index (χ1v) is 6.60. The van der Waals surface area contributed by atoms with Crippen molar-refractivity contribution in [2.24, 2.45) is 11.1 Å². The first-order valence-electron chi connectivity index (χ1n) is 6.60. The first kappa shape index (κ1) is 12.6. The summed E-state index contributed by atoms with van der Waals surface area (Å²) in [4.78, 5) is 2.52. The zero-order valence-corrected chi connectivity index (χ0v) is 11.0. The van der Waals surface area contributed by atoms with Gasteiger partial charge in [-0.2, -0.15) is 0 Å². The molecule has 1 aliphatic rings. The Hall–Kier alpha value is -0.860. The minimum absolute atomic E-state index is 0.144. The molecule has 0 spiro atoms. The maximum Gasteiger partial charge on any atom is 0.0424 e. The van der Waals surface area contributed by atoms with Gasteiger partial charge in [-0.1, -0.05) is 44.2 Å². The fourth-order valence-electron chi connectivity index (χ4n) is 2.78. The van der Waals surface area contributed by atoms with Gasteiger partial charge in [-0.3, -0.25) is 0 Å². The summed E-state index contributed by atoms with van der Waals surface area (Å²) in [5.74, 6) is 0. The second-order valence-corrected chi connectivity index (χ2v) is 6.02. The molecule has 0 saturated carbocycles. The van der Waals surface area contributed by atoms with Gasteiger partial charge in [-0.15, -0.1) is 0 Å². The third kappa shape index (κ3) is 3.55. The number of nitrogens with two attached hydrogens (primary N) is 1. The summed E-state index contributed by atoms with van der Waals surface area (Å²) < 4.78 is 0. The number of hydrogen-bond donors (Lipinski definition) is 1. The van der Waals surface area contributed by atoms with Gasteiger partial charge in [-0.25, -0.2) is 0 Å². The van der Waals surface area contributed by atoms with Crippen molar-refractivity contribution >= 4 is 0 Å². The van der Waals surface area contributed by atoms with Crippen LogP contribution in [0.4, 0.5) is 0 Å². The fraction of sp³-hybridized carbons (Fsp3) is 0.600. The molecular formula is C15H24N2. The van der Waals surface area contributed by atoms with Gasteiger partial charge in [0.15, 0.2) is 0 Å². The van der Waals surface area contributed by atoms with E-state index in [1.165, 1.54) is 31.5 Å². The van der Waals surface area contributed by atoms with Crippen LogP contribution in [0.2, 0.25) is 0 Å². The molecule has 2 nitrogen and oxygen atoms in total. The summed E-state index contributed by atoms with van der Waals surface area (Å²) in [7, 11) is 0. The minimum atomic E-state index is 0.144. The van der Waals surface area contributed by atoms with E-state index < -0.39 is 0 Å². The molecule has 1 atom stereocenters. The van der Waals surface area contributed by atoms with Crippen molar-refractivity contribution in [3.8, 4) is 0 Å². The molecule has 0 bridgehead atoms. The van der Waals surface area contributed by atoms with Gasteiger partial charge >= 0.3 is 0 Å². The lowest BCUT2D eigenvalue weighted by Crippen LogP contribution is -2.43. The van der Waals surface area contributed by atoms with Crippen LogP contribution in [0.3, 0.4) is 0 Å². The molecule has 0 aromatic heterocycles. The molecule has 2 rings (SSSR count). The molecule has 0 amide bonds. The van der Waals surface area contributed by atoms with Gasteiger partial charge in [0.1, 0.15) is 0 Å². The summed E-state index contributed by atoms with van der Waals surface area (Å²) in [5, 5.41) is 0. The Morgan fingerprint density at radius 2 is 2.00 bits per heavy atom. The average molecular weight is 232 g/mol. The number of piperidine rings is 1. The second kappa shape index (κ2) is 5.19. The lowest BCUT2D eigenvalue weighted by atomic mass is 9.84. The van der Waals surface area contributed by atoms with Crippen molar-refractivity contribution in [3.05, 3.63) is 35.9 Å². The molecule has 1 aliphatic heterocycles. The molecule has 2 heteroatoms. The number of likely N-dealkylation sites (tertiary alicyclic amines) is 1. The quantitative estimate of drug-likeness (QED) is 0.868. The van der Waals surface area contributed by atoms with Crippen molar-refractivity contribution in [3.63, 3.8) is 0 Å². The highest BCUT2D eigenvalue weighted by Crippen LogP contribution is 2.29. The van der Waals surface area contributed by atoms with Crippen molar-refractivity contribution in [1.29, 1.82) is 0 Å². The van der Waals surface area contributed by atoms with E-state index in [0.717, 1.165) is 6.54 Å². The predicted molar refractivity (Wildman–Crippen MR) is 72.8 cm³/mol. The Morgan fingerprint density at radius 3 is 2.65 bits per heavy atom. The average Bonchev–Trinajstić information content (AvgIpc) is 2.29. The summed E-state index contributed by atoms with van der Waals surface area (Å²) in [5.41, 5.74) is 7.97. The zero-order chi connectivity index (χ0) is 12.3. The third-order valence-electron chi connectivity index (χ3n) is 3.66. The highest BCUT2D eigenvalue weighted by atomic mass is 15.1. The molecule has 1 heterocycles. The van der Waals surface area contributed by atoms with E-state index in [4.69, 9.17) is 5.73 Å². The second-order valence-electron chi connectivity index (χ2n) is 6.02. The molecule has 2 N–H and O–H groups in total. The van der Waals surface area contributed by atoms with Gasteiger partial charge in [0, 0.05) is 19.1 Å². The maximum absolute atomic E-state index is 6.27. The SMILES string of the molecule is CC1(C)CCCN(CC(N)c2ccccc2)C1. The van der Waals surface area contributed by atoms with E-state index in [1.54, 1.807) is 0 Å². The van der Waals surface area contributed by atoms with E-state index in [1.807, 2.05) is 6.07 Å². The molecule has 0 radical (unpaired) electrons. The molecule has 94 valence electrons. The number of hydrogen-bond acceptors (Lipinski definition) is 2. The van der Waals surface area contributed by atoms with Crippen LogP contribution in [0.25, 0.3) is 0 Å². The van der Waals surface area contributed by atoms with Gasteiger partial charge in [0.25, 0.3) is 0 Å². The topological polar surface area (TPSA) is 29.3 Å². The smallest absolute Gasteiger partial charge is 0.0424 e. The van der Waals surface area contributed by atoms with Crippen LogP contribution in [-0.4, -0.2) is 24.5 Å². The standard InChI is InChI=1S/C15H24N2/c1-15(2)9-6-10-17(12-15)11-14(16)13-7-4-3-5-8-13/h3-5,7-8,14H,6,9-12,16H2,1-2H3. The fourth-order valence-corrected chi connectivity index (χ4v) is 2.78. The van der Waals surface area contributed by atoms with E-state index in [-0.39, 0.29) is 6.04 Å². The molecule has 1 unspecified atom stereocenters. The lowest BCUT2D eigenvalue weighted by molar-refractivity contribution is 0.112. The highest BCUT2D eigenvalue weighted by Gasteiger charge is 2.27. The molecule has 0 aliphatic carbocycles. The monoisotopic (exact) mass is 232 g/mol. The normalized spacial score (nSPS) is 22.3. The highest BCUT2D eigenvalue weighted by molar-refractivity contribution is 5.18. The van der Waals surface area contributed by atoms with Crippen molar-refractivity contribution in [2.45, 2.75) is 32.7 Å². The summed E-state index contributed by atoms with van der Waals surface area (Å²) in [6, 6.07) is 10.6. The van der Waals surface area contributed by atoms with E-state index in [0.29, 0.717) is 5.41 Å². The Morgan fingerprint density at radius 1 is 1.29 bits per heavy atom. The summed E-state index contributed by atoms with van der Waals surface area (Å²) in [6.07, 6.45) is 2.64. The molecule has 1 saturated heterocycles. The number of rotatable bonds is 3. The van der Waals surface area contributed by atoms with Crippen molar-refractivity contribution in [1.82, 2.24) is 4.90 Å². The largest absolute Gasteiger partial charge is 0.323 e.